The molecule has 0 amide bonds. The minimum atomic E-state index is -3.86. The molecule has 0 unspecified atom stereocenters. The lowest BCUT2D eigenvalue weighted by Gasteiger charge is -2.13. The van der Waals surface area contributed by atoms with Gasteiger partial charge in [0.25, 0.3) is 10.0 Å². The highest BCUT2D eigenvalue weighted by atomic mass is 32.2. The molecule has 1 aliphatic carbocycles. The molecule has 0 fully saturated rings. The fourth-order valence-corrected chi connectivity index (χ4v) is 4.03. The molecule has 0 saturated heterocycles. The summed E-state index contributed by atoms with van der Waals surface area (Å²) >= 11 is 0. The van der Waals surface area contributed by atoms with Crippen LogP contribution in [0.2, 0.25) is 0 Å². The van der Waals surface area contributed by atoms with Gasteiger partial charge in [0, 0.05) is 11.1 Å². The van der Waals surface area contributed by atoms with Crippen LogP contribution < -0.4 is 0 Å². The van der Waals surface area contributed by atoms with Crippen molar-refractivity contribution in [3.63, 3.8) is 0 Å². The van der Waals surface area contributed by atoms with E-state index in [4.69, 9.17) is 0 Å². The summed E-state index contributed by atoms with van der Waals surface area (Å²) in [5.74, 6) is -0.149. The zero-order valence-electron chi connectivity index (χ0n) is 13.7. The summed E-state index contributed by atoms with van der Waals surface area (Å²) in [6.07, 6.45) is 2.81. The third-order valence-corrected chi connectivity index (χ3v) is 5.58. The summed E-state index contributed by atoms with van der Waals surface area (Å²) in [6.45, 7) is 5.57. The number of ketones is 1. The average Bonchev–Trinajstić information content (AvgIpc) is 2.53. The van der Waals surface area contributed by atoms with Gasteiger partial charge in [-0.25, -0.2) is 0 Å². The van der Waals surface area contributed by atoms with E-state index in [9.17, 15) is 13.2 Å². The van der Waals surface area contributed by atoms with Crippen molar-refractivity contribution in [2.24, 2.45) is 4.40 Å². The molecule has 0 spiro atoms. The molecular weight excluding hydrogens is 322 g/mol. The number of nitrogens with zero attached hydrogens (tertiary/aromatic N) is 1. The van der Waals surface area contributed by atoms with Gasteiger partial charge in [0.05, 0.1) is 10.6 Å². The normalized spacial score (nSPS) is 15.6. The van der Waals surface area contributed by atoms with Gasteiger partial charge in [-0.1, -0.05) is 30.3 Å². The summed E-state index contributed by atoms with van der Waals surface area (Å²) in [7, 11) is -3.86. The lowest BCUT2D eigenvalue weighted by Crippen LogP contribution is -2.14. The number of carbonyl (C=O) groups excluding carboxylic acids is 1. The van der Waals surface area contributed by atoms with Crippen LogP contribution >= 0.6 is 0 Å². The summed E-state index contributed by atoms with van der Waals surface area (Å²) in [5.41, 5.74) is 3.87. The number of carbonyl (C=O) groups is 1. The van der Waals surface area contributed by atoms with E-state index in [1.54, 1.807) is 37.3 Å². The first-order valence-electron chi connectivity index (χ1n) is 7.54. The lowest BCUT2D eigenvalue weighted by molar-refractivity contribution is 0.104. The minimum Gasteiger partial charge on any atom is -0.289 e. The van der Waals surface area contributed by atoms with E-state index < -0.39 is 10.0 Å². The fourth-order valence-electron chi connectivity index (χ4n) is 2.73. The Morgan fingerprint density at radius 3 is 2.17 bits per heavy atom. The Labute approximate surface area is 141 Å². The third kappa shape index (κ3) is 2.83. The van der Waals surface area contributed by atoms with Crippen LogP contribution in [0.3, 0.4) is 0 Å². The molecule has 2 aromatic rings. The largest absolute Gasteiger partial charge is 0.289 e. The highest BCUT2D eigenvalue weighted by Crippen LogP contribution is 2.24. The first-order valence-corrected chi connectivity index (χ1v) is 8.98. The zero-order chi connectivity index (χ0) is 17.5. The van der Waals surface area contributed by atoms with Gasteiger partial charge < -0.3 is 0 Å². The van der Waals surface area contributed by atoms with Crippen molar-refractivity contribution in [3.05, 3.63) is 76.4 Å². The van der Waals surface area contributed by atoms with Crippen molar-refractivity contribution >= 4 is 21.5 Å². The van der Waals surface area contributed by atoms with Crippen molar-refractivity contribution in [2.75, 3.05) is 0 Å². The fraction of sp³-hybridized carbons (Fsp3) is 0.158. The Hall–Kier alpha value is -2.53. The number of hydrogen-bond acceptors (Lipinski definition) is 3. The highest BCUT2D eigenvalue weighted by molar-refractivity contribution is 7.90. The van der Waals surface area contributed by atoms with Crippen LogP contribution in [0.1, 0.15) is 32.6 Å². The minimum absolute atomic E-state index is 0.149. The SMILES string of the molecule is Cc1cc(C)c(S(=O)(=O)/N=C2\C=CC(=O)c3ccccc32)cc1C. The molecule has 0 saturated carbocycles. The van der Waals surface area contributed by atoms with Crippen molar-refractivity contribution in [1.82, 2.24) is 0 Å². The van der Waals surface area contributed by atoms with E-state index in [-0.39, 0.29) is 16.4 Å². The first kappa shape index (κ1) is 16.3. The summed E-state index contributed by atoms with van der Waals surface area (Å²) < 4.78 is 29.5. The molecule has 0 bridgehead atoms. The Morgan fingerprint density at radius 1 is 0.833 bits per heavy atom. The molecular formula is C19H17NO3S. The molecule has 0 N–H and O–H groups in total. The average molecular weight is 339 g/mol. The Balaban J connectivity index is 2.16. The van der Waals surface area contributed by atoms with Gasteiger partial charge in [-0.3, -0.25) is 4.79 Å². The molecule has 5 heteroatoms. The molecule has 0 atom stereocenters. The number of allylic oxidation sites excluding steroid dienone is 2. The second-order valence-electron chi connectivity index (χ2n) is 5.90. The molecule has 0 aromatic heterocycles. The zero-order valence-corrected chi connectivity index (χ0v) is 14.5. The molecule has 2 aromatic carbocycles. The lowest BCUT2D eigenvalue weighted by atomic mass is 9.95. The van der Waals surface area contributed by atoms with E-state index in [1.807, 2.05) is 19.9 Å². The van der Waals surface area contributed by atoms with E-state index in [2.05, 4.69) is 4.40 Å². The summed E-state index contributed by atoms with van der Waals surface area (Å²) in [5, 5.41) is 0. The van der Waals surface area contributed by atoms with E-state index in [1.165, 1.54) is 12.2 Å². The van der Waals surface area contributed by atoms with Crippen LogP contribution in [-0.4, -0.2) is 19.9 Å². The van der Waals surface area contributed by atoms with Gasteiger partial charge in [0.2, 0.25) is 0 Å². The maximum Gasteiger partial charge on any atom is 0.283 e. The van der Waals surface area contributed by atoms with Gasteiger partial charge in [-0.05, 0) is 55.7 Å². The predicted octanol–water partition coefficient (Wildman–Crippen LogP) is 3.54. The first-order chi connectivity index (χ1) is 11.3. The number of fused-ring (bicyclic) bond motifs is 1. The van der Waals surface area contributed by atoms with Gasteiger partial charge >= 0.3 is 0 Å². The monoisotopic (exact) mass is 339 g/mol. The maximum atomic E-state index is 12.8. The van der Waals surface area contributed by atoms with Crippen LogP contribution in [0.15, 0.2) is 57.8 Å². The van der Waals surface area contributed by atoms with Crippen molar-refractivity contribution in [2.45, 2.75) is 25.7 Å². The highest BCUT2D eigenvalue weighted by Gasteiger charge is 2.22. The van der Waals surface area contributed by atoms with Crippen LogP contribution in [0, 0.1) is 20.8 Å². The molecule has 4 nitrogen and oxygen atoms in total. The third-order valence-electron chi connectivity index (χ3n) is 4.15. The van der Waals surface area contributed by atoms with Crippen LogP contribution in [-0.2, 0) is 10.0 Å². The van der Waals surface area contributed by atoms with E-state index in [0.29, 0.717) is 16.7 Å². The predicted molar refractivity (Wildman–Crippen MR) is 94.3 cm³/mol. The van der Waals surface area contributed by atoms with Gasteiger partial charge in [0.15, 0.2) is 5.78 Å². The van der Waals surface area contributed by atoms with Crippen LogP contribution in [0.4, 0.5) is 0 Å². The topological polar surface area (TPSA) is 63.6 Å². The van der Waals surface area contributed by atoms with Crippen LogP contribution in [0.25, 0.3) is 0 Å². The second kappa shape index (κ2) is 5.83. The van der Waals surface area contributed by atoms with Crippen molar-refractivity contribution < 1.29 is 13.2 Å². The van der Waals surface area contributed by atoms with Crippen LogP contribution in [0.5, 0.6) is 0 Å². The van der Waals surface area contributed by atoms with E-state index in [0.717, 1.165) is 11.1 Å². The van der Waals surface area contributed by atoms with Gasteiger partial charge in [0.1, 0.15) is 0 Å². The summed E-state index contributed by atoms with van der Waals surface area (Å²) in [4.78, 5) is 12.1. The Kier molecular flexibility index (Phi) is 3.97. The number of sulfonamides is 1. The molecule has 122 valence electrons. The second-order valence-corrected chi connectivity index (χ2v) is 7.47. The molecule has 0 heterocycles. The maximum absolute atomic E-state index is 12.8. The molecule has 0 aliphatic heterocycles. The molecule has 0 radical (unpaired) electrons. The number of benzene rings is 2. The van der Waals surface area contributed by atoms with Crippen molar-refractivity contribution in [1.29, 1.82) is 0 Å². The van der Waals surface area contributed by atoms with Crippen molar-refractivity contribution in [3.8, 4) is 0 Å². The van der Waals surface area contributed by atoms with Gasteiger partial charge in [-0.2, -0.15) is 12.8 Å². The van der Waals surface area contributed by atoms with Gasteiger partial charge in [-0.15, -0.1) is 0 Å². The molecule has 24 heavy (non-hydrogen) atoms. The Morgan fingerprint density at radius 2 is 1.46 bits per heavy atom. The smallest absolute Gasteiger partial charge is 0.283 e. The Bertz CT molecular complexity index is 1010. The number of rotatable bonds is 2. The standard InChI is InChI=1S/C19H17NO3S/c1-12-10-14(3)19(11-13(12)2)24(22,23)20-17-8-9-18(21)16-7-5-4-6-15(16)17/h4-11H,1-3H3/b20-17+. The number of aryl methyl sites for hydroxylation is 3. The van der Waals surface area contributed by atoms with E-state index >= 15 is 0 Å². The quantitative estimate of drug-likeness (QED) is 0.840. The number of hydrogen-bond donors (Lipinski definition) is 0. The summed E-state index contributed by atoms with van der Waals surface area (Å²) in [6, 6.07) is 10.4. The molecule has 1 aliphatic rings. The molecule has 3 rings (SSSR count).